The minimum absolute atomic E-state index is 0.0370. The van der Waals surface area contributed by atoms with E-state index in [0.717, 1.165) is 25.9 Å². The van der Waals surface area contributed by atoms with E-state index in [1.807, 2.05) is 54.9 Å². The van der Waals surface area contributed by atoms with E-state index in [2.05, 4.69) is 15.2 Å². The zero-order valence-electron chi connectivity index (χ0n) is 22.4. The molecule has 0 spiro atoms. The number of piperidine rings is 1. The molecule has 1 fully saturated rings. The number of carbonyl (C=O) groups is 3. The van der Waals surface area contributed by atoms with Crippen molar-refractivity contribution in [2.75, 3.05) is 43.1 Å². The summed E-state index contributed by atoms with van der Waals surface area (Å²) in [5, 5.41) is 10.2. The third-order valence-electron chi connectivity index (χ3n) is 6.42. The number of aromatic nitrogens is 1. The number of carbonyl (C=O) groups excluding carboxylic acids is 2. The summed E-state index contributed by atoms with van der Waals surface area (Å²) < 4.78 is 36.9. The Morgan fingerprint density at radius 3 is 2.12 bits per heavy atom. The molecule has 1 aliphatic rings. The molecule has 2 aromatic carbocycles. The van der Waals surface area contributed by atoms with Gasteiger partial charge in [-0.2, -0.15) is 13.2 Å². The quantitative estimate of drug-likeness (QED) is 0.412. The Kier molecular flexibility index (Phi) is 11.1. The Bertz CT molecular complexity index is 1270. The van der Waals surface area contributed by atoms with Crippen molar-refractivity contribution in [1.82, 2.24) is 10.3 Å². The van der Waals surface area contributed by atoms with Gasteiger partial charge in [0.2, 0.25) is 5.91 Å². The van der Waals surface area contributed by atoms with Gasteiger partial charge in [-0.15, -0.1) is 0 Å². The molecule has 0 unspecified atom stereocenters. The van der Waals surface area contributed by atoms with Crippen LogP contribution in [0.1, 0.15) is 23.2 Å². The Labute approximate surface area is 235 Å². The van der Waals surface area contributed by atoms with Crippen LogP contribution in [0.3, 0.4) is 0 Å². The number of rotatable bonds is 8. The molecule has 0 saturated carbocycles. The maximum absolute atomic E-state index is 13.3. The molecule has 3 aromatic rings. The summed E-state index contributed by atoms with van der Waals surface area (Å²) in [6, 6.07) is 20.3. The molecule has 1 saturated heterocycles. The van der Waals surface area contributed by atoms with Crippen LogP contribution in [0.5, 0.6) is 5.75 Å². The van der Waals surface area contributed by atoms with Gasteiger partial charge in [0.15, 0.2) is 0 Å². The van der Waals surface area contributed by atoms with Crippen LogP contribution < -0.4 is 19.9 Å². The molecule has 0 aliphatic carbocycles. The number of nitrogens with zero attached hydrogens (tertiary/aromatic N) is 3. The Balaban J connectivity index is 0.000000587. The molecule has 0 radical (unpaired) electrons. The number of ether oxygens (including phenoxy) is 1. The van der Waals surface area contributed by atoms with Crippen molar-refractivity contribution in [2.45, 2.75) is 19.0 Å². The van der Waals surface area contributed by atoms with Crippen molar-refractivity contribution in [3.8, 4) is 5.75 Å². The number of nitrogens with one attached hydrogen (secondary N) is 1. The molecule has 2 heterocycles. The van der Waals surface area contributed by atoms with E-state index in [-0.39, 0.29) is 18.4 Å². The topological polar surface area (TPSA) is 112 Å². The highest BCUT2D eigenvalue weighted by atomic mass is 19.4. The highest BCUT2D eigenvalue weighted by molar-refractivity contribution is 6.08. The van der Waals surface area contributed by atoms with E-state index in [1.165, 1.54) is 10.6 Å². The lowest BCUT2D eigenvalue weighted by molar-refractivity contribution is -0.192. The molecular formula is C29H31F3N4O5. The van der Waals surface area contributed by atoms with Gasteiger partial charge in [-0.3, -0.25) is 19.5 Å². The van der Waals surface area contributed by atoms with Gasteiger partial charge in [0.25, 0.3) is 5.91 Å². The van der Waals surface area contributed by atoms with Crippen LogP contribution in [0.4, 0.5) is 24.5 Å². The van der Waals surface area contributed by atoms with Gasteiger partial charge in [0.1, 0.15) is 12.3 Å². The molecule has 0 atom stereocenters. The standard InChI is InChI=1S/C27H30N4O3.C2HF3O2/c1-34-25-9-7-22(8-10-25)27(33)31(24-5-3-2-4-6-24)20-26(32)29-19-21-13-17-30(18-14-21)23-11-15-28-16-12-23;3-2(4,5)1(6)7/h2-12,15-16,21H,13-14,17-20H2,1H3,(H,29,32);(H,6,7). The third-order valence-corrected chi connectivity index (χ3v) is 6.42. The second kappa shape index (κ2) is 14.7. The van der Waals surface area contributed by atoms with Crippen LogP contribution in [0.25, 0.3) is 0 Å². The largest absolute Gasteiger partial charge is 0.497 e. The smallest absolute Gasteiger partial charge is 0.490 e. The summed E-state index contributed by atoms with van der Waals surface area (Å²) in [5.41, 5.74) is 2.37. The molecule has 4 rings (SSSR count). The molecular weight excluding hydrogens is 541 g/mol. The van der Waals surface area contributed by atoms with Gasteiger partial charge in [0, 0.05) is 49.0 Å². The third kappa shape index (κ3) is 9.52. The van der Waals surface area contributed by atoms with Gasteiger partial charge in [-0.25, -0.2) is 4.79 Å². The lowest BCUT2D eigenvalue weighted by Gasteiger charge is -2.33. The van der Waals surface area contributed by atoms with Crippen LogP contribution in [0, 0.1) is 5.92 Å². The predicted molar refractivity (Wildman–Crippen MR) is 147 cm³/mol. The number of anilines is 2. The maximum atomic E-state index is 13.3. The van der Waals surface area contributed by atoms with Crippen molar-refractivity contribution in [3.05, 3.63) is 84.7 Å². The number of carboxylic acids is 1. The van der Waals surface area contributed by atoms with Gasteiger partial charge in [-0.05, 0) is 67.3 Å². The number of amides is 2. The first-order chi connectivity index (χ1) is 19.6. The van der Waals surface area contributed by atoms with E-state index >= 15 is 0 Å². The molecule has 218 valence electrons. The first-order valence-corrected chi connectivity index (χ1v) is 12.8. The Morgan fingerprint density at radius 2 is 1.59 bits per heavy atom. The van der Waals surface area contributed by atoms with Crippen LogP contribution in [0.15, 0.2) is 79.1 Å². The zero-order chi connectivity index (χ0) is 29.8. The fraction of sp³-hybridized carbons (Fsp3) is 0.310. The molecule has 0 bridgehead atoms. The molecule has 1 aliphatic heterocycles. The van der Waals surface area contributed by atoms with Crippen LogP contribution in [-0.2, 0) is 9.59 Å². The van der Waals surface area contributed by atoms with Crippen molar-refractivity contribution in [2.24, 2.45) is 5.92 Å². The lowest BCUT2D eigenvalue weighted by atomic mass is 9.96. The van der Waals surface area contributed by atoms with E-state index in [0.29, 0.717) is 29.5 Å². The van der Waals surface area contributed by atoms with Crippen molar-refractivity contribution in [1.29, 1.82) is 0 Å². The second-order valence-corrected chi connectivity index (χ2v) is 9.20. The normalized spacial score (nSPS) is 13.4. The summed E-state index contributed by atoms with van der Waals surface area (Å²) in [6.07, 6.45) is 0.562. The van der Waals surface area contributed by atoms with Gasteiger partial charge in [-0.1, -0.05) is 18.2 Å². The van der Waals surface area contributed by atoms with Gasteiger partial charge >= 0.3 is 12.1 Å². The minimum atomic E-state index is -5.08. The number of hydrogen-bond donors (Lipinski definition) is 2. The number of hydrogen-bond acceptors (Lipinski definition) is 6. The first-order valence-electron chi connectivity index (χ1n) is 12.8. The number of methoxy groups -OCH3 is 1. The lowest BCUT2D eigenvalue weighted by Crippen LogP contribution is -2.43. The zero-order valence-corrected chi connectivity index (χ0v) is 22.4. The highest BCUT2D eigenvalue weighted by Crippen LogP contribution is 2.23. The number of para-hydroxylation sites is 1. The van der Waals surface area contributed by atoms with E-state index in [1.54, 1.807) is 31.4 Å². The fourth-order valence-electron chi connectivity index (χ4n) is 4.19. The molecule has 12 heteroatoms. The van der Waals surface area contributed by atoms with Gasteiger partial charge < -0.3 is 20.1 Å². The van der Waals surface area contributed by atoms with Gasteiger partial charge in [0.05, 0.1) is 7.11 Å². The van der Waals surface area contributed by atoms with Crippen LogP contribution >= 0.6 is 0 Å². The summed E-state index contributed by atoms with van der Waals surface area (Å²) >= 11 is 0. The Morgan fingerprint density at radius 1 is 1.00 bits per heavy atom. The Hall–Kier alpha value is -4.61. The monoisotopic (exact) mass is 572 g/mol. The fourth-order valence-corrected chi connectivity index (χ4v) is 4.19. The van der Waals surface area contributed by atoms with Crippen LogP contribution in [-0.4, -0.2) is 67.3 Å². The minimum Gasteiger partial charge on any atom is -0.497 e. The van der Waals surface area contributed by atoms with E-state index in [4.69, 9.17) is 14.6 Å². The number of pyridine rings is 1. The molecule has 9 nitrogen and oxygen atoms in total. The SMILES string of the molecule is COc1ccc(C(=O)N(CC(=O)NCC2CCN(c3ccncc3)CC2)c2ccccc2)cc1.O=C(O)C(F)(F)F. The average molecular weight is 573 g/mol. The average Bonchev–Trinajstić information content (AvgIpc) is 2.99. The summed E-state index contributed by atoms with van der Waals surface area (Å²) in [4.78, 5) is 42.9. The van der Waals surface area contributed by atoms with E-state index < -0.39 is 12.1 Å². The van der Waals surface area contributed by atoms with Crippen LogP contribution in [0.2, 0.25) is 0 Å². The number of aliphatic carboxylic acids is 1. The maximum Gasteiger partial charge on any atom is 0.490 e. The molecule has 2 N–H and O–H groups in total. The van der Waals surface area contributed by atoms with E-state index in [9.17, 15) is 22.8 Å². The summed E-state index contributed by atoms with van der Waals surface area (Å²) in [5.74, 6) is -2.05. The summed E-state index contributed by atoms with van der Waals surface area (Å²) in [6.45, 7) is 2.49. The first kappa shape index (κ1) is 30.9. The molecule has 1 aromatic heterocycles. The van der Waals surface area contributed by atoms with Crippen molar-refractivity contribution < 1.29 is 37.4 Å². The van der Waals surface area contributed by atoms with Crippen molar-refractivity contribution >= 4 is 29.2 Å². The highest BCUT2D eigenvalue weighted by Gasteiger charge is 2.38. The number of carboxylic acid groups (broad SMARTS) is 1. The second-order valence-electron chi connectivity index (χ2n) is 9.20. The predicted octanol–water partition coefficient (Wildman–Crippen LogP) is 4.40. The number of alkyl halides is 3. The number of halogens is 3. The van der Waals surface area contributed by atoms with Crippen molar-refractivity contribution in [3.63, 3.8) is 0 Å². The molecule has 41 heavy (non-hydrogen) atoms. The number of benzene rings is 2. The molecule has 2 amide bonds. The summed E-state index contributed by atoms with van der Waals surface area (Å²) in [7, 11) is 1.58.